The van der Waals surface area contributed by atoms with Gasteiger partial charge in [0.15, 0.2) is 5.11 Å². The Balaban J connectivity index is 1.97. The Kier molecular flexibility index (Phi) is 4.42. The molecule has 0 bridgehead atoms. The third-order valence-corrected chi connectivity index (χ3v) is 3.77. The molecule has 3 nitrogen and oxygen atoms in total. The molecule has 19 heavy (non-hydrogen) atoms. The summed E-state index contributed by atoms with van der Waals surface area (Å²) < 4.78 is 0. The van der Waals surface area contributed by atoms with Gasteiger partial charge >= 0.3 is 0 Å². The number of benzene rings is 1. The minimum absolute atomic E-state index is 0.192. The van der Waals surface area contributed by atoms with Gasteiger partial charge in [-0.3, -0.25) is 0 Å². The number of thiocarbonyl (C=S) groups is 1. The van der Waals surface area contributed by atoms with E-state index in [2.05, 4.69) is 60.6 Å². The topological polar surface area (TPSA) is 27.3 Å². The van der Waals surface area contributed by atoms with Crippen molar-refractivity contribution in [1.29, 1.82) is 0 Å². The fraction of sp³-hybridized carbons (Fsp3) is 0.533. The van der Waals surface area contributed by atoms with Crippen molar-refractivity contribution in [2.45, 2.75) is 26.2 Å². The molecule has 0 amide bonds. The molecular weight excluding hydrogens is 254 g/mol. The van der Waals surface area contributed by atoms with Crippen LogP contribution in [0.4, 0.5) is 5.69 Å². The van der Waals surface area contributed by atoms with Crippen LogP contribution < -0.4 is 10.6 Å². The van der Waals surface area contributed by atoms with Crippen molar-refractivity contribution in [2.75, 3.05) is 31.5 Å². The Bertz CT molecular complexity index is 428. The van der Waals surface area contributed by atoms with Gasteiger partial charge in [0.2, 0.25) is 0 Å². The molecule has 0 aliphatic carbocycles. The molecule has 2 rings (SSSR count). The fourth-order valence-corrected chi connectivity index (χ4v) is 2.42. The molecule has 104 valence electrons. The zero-order valence-corrected chi connectivity index (χ0v) is 12.8. The largest absolute Gasteiger partial charge is 0.346 e. The van der Waals surface area contributed by atoms with E-state index in [0.717, 1.165) is 37.0 Å². The lowest BCUT2D eigenvalue weighted by Crippen LogP contribution is -2.47. The van der Waals surface area contributed by atoms with Crippen molar-refractivity contribution >= 4 is 23.0 Å². The van der Waals surface area contributed by atoms with Crippen molar-refractivity contribution < 1.29 is 0 Å². The molecule has 0 radical (unpaired) electrons. The average Bonchev–Trinajstić information content (AvgIpc) is 2.39. The number of anilines is 1. The number of hydrogen-bond acceptors (Lipinski definition) is 2. The second-order valence-corrected chi connectivity index (χ2v) is 6.38. The van der Waals surface area contributed by atoms with E-state index in [1.54, 1.807) is 0 Å². The van der Waals surface area contributed by atoms with Gasteiger partial charge in [-0.05, 0) is 35.3 Å². The van der Waals surface area contributed by atoms with Crippen molar-refractivity contribution in [3.63, 3.8) is 0 Å². The van der Waals surface area contributed by atoms with E-state index in [9.17, 15) is 0 Å². The fourth-order valence-electron chi connectivity index (χ4n) is 2.12. The molecule has 0 atom stereocenters. The molecule has 1 saturated heterocycles. The highest BCUT2D eigenvalue weighted by Crippen LogP contribution is 2.23. The summed E-state index contributed by atoms with van der Waals surface area (Å²) in [7, 11) is 0. The van der Waals surface area contributed by atoms with Gasteiger partial charge in [-0.1, -0.05) is 32.9 Å². The van der Waals surface area contributed by atoms with Gasteiger partial charge in [0, 0.05) is 31.9 Å². The molecule has 4 heteroatoms. The molecule has 0 spiro atoms. The number of hydrogen-bond donors (Lipinski definition) is 2. The Morgan fingerprint density at radius 2 is 1.74 bits per heavy atom. The van der Waals surface area contributed by atoms with E-state index in [-0.39, 0.29) is 5.41 Å². The Labute approximate surface area is 121 Å². The summed E-state index contributed by atoms with van der Waals surface area (Å²) in [4.78, 5) is 2.21. The van der Waals surface area contributed by atoms with Crippen LogP contribution in [0.1, 0.15) is 26.3 Å². The monoisotopic (exact) mass is 277 g/mol. The van der Waals surface area contributed by atoms with Crippen LogP contribution in [-0.2, 0) is 5.41 Å². The van der Waals surface area contributed by atoms with E-state index in [4.69, 9.17) is 12.2 Å². The normalized spacial score (nSPS) is 16.3. The Hall–Kier alpha value is -1.13. The highest BCUT2D eigenvalue weighted by molar-refractivity contribution is 7.80. The van der Waals surface area contributed by atoms with Crippen LogP contribution >= 0.6 is 12.2 Å². The first-order chi connectivity index (χ1) is 8.97. The first kappa shape index (κ1) is 14.3. The minimum atomic E-state index is 0.192. The van der Waals surface area contributed by atoms with Gasteiger partial charge in [-0.2, -0.15) is 0 Å². The molecule has 0 aromatic heterocycles. The molecule has 1 fully saturated rings. The summed E-state index contributed by atoms with van der Waals surface area (Å²) in [6, 6.07) is 8.55. The Morgan fingerprint density at radius 1 is 1.16 bits per heavy atom. The second-order valence-electron chi connectivity index (χ2n) is 5.99. The molecule has 0 unspecified atom stereocenters. The lowest BCUT2D eigenvalue weighted by molar-refractivity contribution is 0.362. The van der Waals surface area contributed by atoms with E-state index >= 15 is 0 Å². The third kappa shape index (κ3) is 3.91. The quantitative estimate of drug-likeness (QED) is 0.772. The summed E-state index contributed by atoms with van der Waals surface area (Å²) >= 11 is 5.45. The van der Waals surface area contributed by atoms with Gasteiger partial charge < -0.3 is 15.5 Å². The molecule has 2 N–H and O–H groups in total. The van der Waals surface area contributed by atoms with Crippen LogP contribution in [0.5, 0.6) is 0 Å². The summed E-state index contributed by atoms with van der Waals surface area (Å²) in [5, 5.41) is 7.47. The molecule has 1 heterocycles. The highest BCUT2D eigenvalue weighted by Gasteiger charge is 2.15. The van der Waals surface area contributed by atoms with E-state index in [1.165, 1.54) is 5.56 Å². The van der Waals surface area contributed by atoms with Gasteiger partial charge in [-0.25, -0.2) is 0 Å². The van der Waals surface area contributed by atoms with Crippen LogP contribution in [0.2, 0.25) is 0 Å². The maximum Gasteiger partial charge on any atom is 0.173 e. The Morgan fingerprint density at radius 3 is 2.26 bits per heavy atom. The predicted octanol–water partition coefficient (Wildman–Crippen LogP) is 2.59. The minimum Gasteiger partial charge on any atom is -0.346 e. The summed E-state index contributed by atoms with van der Waals surface area (Å²) in [6.07, 6.45) is 0. The number of piperazine rings is 1. The zero-order valence-electron chi connectivity index (χ0n) is 12.0. The zero-order chi connectivity index (χ0) is 13.9. The molecule has 1 aromatic carbocycles. The van der Waals surface area contributed by atoms with Crippen molar-refractivity contribution in [1.82, 2.24) is 10.2 Å². The van der Waals surface area contributed by atoms with Crippen molar-refractivity contribution in [2.24, 2.45) is 0 Å². The first-order valence-electron chi connectivity index (χ1n) is 6.84. The number of rotatable bonds is 1. The molecular formula is C15H23N3S. The van der Waals surface area contributed by atoms with E-state index < -0.39 is 0 Å². The summed E-state index contributed by atoms with van der Waals surface area (Å²) in [5.41, 5.74) is 2.60. The van der Waals surface area contributed by atoms with Crippen LogP contribution in [-0.4, -0.2) is 36.2 Å². The third-order valence-electron chi connectivity index (χ3n) is 3.41. The van der Waals surface area contributed by atoms with Gasteiger partial charge in [0.25, 0.3) is 0 Å². The first-order valence-corrected chi connectivity index (χ1v) is 7.25. The molecule has 1 aliphatic rings. The van der Waals surface area contributed by atoms with Crippen LogP contribution in [0.15, 0.2) is 24.3 Å². The maximum atomic E-state index is 5.45. The van der Waals surface area contributed by atoms with Crippen LogP contribution in [0.3, 0.4) is 0 Å². The maximum absolute atomic E-state index is 5.45. The lowest BCUT2D eigenvalue weighted by atomic mass is 9.87. The second kappa shape index (κ2) is 5.88. The molecule has 1 aromatic rings. The number of nitrogens with zero attached hydrogens (tertiary/aromatic N) is 1. The van der Waals surface area contributed by atoms with Crippen molar-refractivity contribution in [3.05, 3.63) is 29.8 Å². The predicted molar refractivity (Wildman–Crippen MR) is 85.8 cm³/mol. The SMILES string of the molecule is CC(C)(C)c1ccc(NC(=S)N2CCNCC2)cc1. The van der Waals surface area contributed by atoms with Gasteiger partial charge in [0.05, 0.1) is 0 Å². The molecule has 0 saturated carbocycles. The highest BCUT2D eigenvalue weighted by atomic mass is 32.1. The van der Waals surface area contributed by atoms with Crippen LogP contribution in [0.25, 0.3) is 0 Å². The van der Waals surface area contributed by atoms with E-state index in [0.29, 0.717) is 0 Å². The van der Waals surface area contributed by atoms with Crippen molar-refractivity contribution in [3.8, 4) is 0 Å². The van der Waals surface area contributed by atoms with Gasteiger partial charge in [0.1, 0.15) is 0 Å². The average molecular weight is 277 g/mol. The number of nitrogens with one attached hydrogen (secondary N) is 2. The standard InChI is InChI=1S/C15H23N3S/c1-15(2,3)12-4-6-13(7-5-12)17-14(19)18-10-8-16-9-11-18/h4-7,16H,8-11H2,1-3H3,(H,17,19). The van der Waals surface area contributed by atoms with E-state index in [1.807, 2.05) is 0 Å². The molecule has 1 aliphatic heterocycles. The van der Waals surface area contributed by atoms with Crippen LogP contribution in [0, 0.1) is 0 Å². The lowest BCUT2D eigenvalue weighted by Gasteiger charge is -2.30. The summed E-state index contributed by atoms with van der Waals surface area (Å²) in [6.45, 7) is 10.6. The smallest absolute Gasteiger partial charge is 0.173 e. The summed E-state index contributed by atoms with van der Waals surface area (Å²) in [5.74, 6) is 0. The van der Waals surface area contributed by atoms with Gasteiger partial charge in [-0.15, -0.1) is 0 Å².